The number of benzene rings is 2. The third-order valence-corrected chi connectivity index (χ3v) is 5.61. The molecule has 2 heterocycles. The van der Waals surface area contributed by atoms with Gasteiger partial charge in [0.25, 0.3) is 0 Å². The summed E-state index contributed by atoms with van der Waals surface area (Å²) in [6, 6.07) is 10.8. The predicted molar refractivity (Wildman–Crippen MR) is 98.8 cm³/mol. The van der Waals surface area contributed by atoms with Gasteiger partial charge in [0.15, 0.2) is 5.13 Å². The molecule has 2 aromatic carbocycles. The number of hydrogen-bond acceptors (Lipinski definition) is 5. The van der Waals surface area contributed by atoms with Crippen LogP contribution in [0.15, 0.2) is 36.4 Å². The highest BCUT2D eigenvalue weighted by Crippen LogP contribution is 2.30. The number of ether oxygens (including phenoxy) is 1. The van der Waals surface area contributed by atoms with E-state index in [9.17, 15) is 14.3 Å². The SMILES string of the molecule is O=C(O)c1sc(N2CCOCC2)nc1Cc1ccc2ccccc2c1F. The van der Waals surface area contributed by atoms with Gasteiger partial charge in [-0.2, -0.15) is 0 Å². The zero-order chi connectivity index (χ0) is 18.1. The van der Waals surface area contributed by atoms with E-state index < -0.39 is 5.97 Å². The Morgan fingerprint density at radius 1 is 1.23 bits per heavy atom. The van der Waals surface area contributed by atoms with Gasteiger partial charge in [-0.05, 0) is 10.9 Å². The molecule has 1 fully saturated rings. The van der Waals surface area contributed by atoms with Crippen molar-refractivity contribution < 1.29 is 19.0 Å². The van der Waals surface area contributed by atoms with Gasteiger partial charge in [0, 0.05) is 24.9 Å². The molecule has 0 spiro atoms. The Kier molecular flexibility index (Phi) is 4.57. The highest BCUT2D eigenvalue weighted by atomic mass is 32.1. The molecule has 0 saturated carbocycles. The standard InChI is InChI=1S/C19H17FN2O3S/c20-16-13(6-5-12-3-1-2-4-14(12)16)11-15-17(18(23)24)26-19(21-15)22-7-9-25-10-8-22/h1-6H,7-11H2,(H,23,24). The van der Waals surface area contributed by atoms with Crippen molar-refractivity contribution in [2.75, 3.05) is 31.2 Å². The third-order valence-electron chi connectivity index (χ3n) is 4.46. The van der Waals surface area contributed by atoms with Crippen molar-refractivity contribution in [1.82, 2.24) is 4.98 Å². The summed E-state index contributed by atoms with van der Waals surface area (Å²) < 4.78 is 20.2. The van der Waals surface area contributed by atoms with E-state index in [4.69, 9.17) is 4.74 Å². The smallest absolute Gasteiger partial charge is 0.347 e. The van der Waals surface area contributed by atoms with Crippen LogP contribution in [0.5, 0.6) is 0 Å². The Morgan fingerprint density at radius 2 is 2.00 bits per heavy atom. The Bertz CT molecular complexity index is 967. The Hall–Kier alpha value is -2.51. The summed E-state index contributed by atoms with van der Waals surface area (Å²) in [7, 11) is 0. The van der Waals surface area contributed by atoms with Crippen molar-refractivity contribution in [3.63, 3.8) is 0 Å². The fourth-order valence-corrected chi connectivity index (χ4v) is 4.08. The summed E-state index contributed by atoms with van der Waals surface area (Å²) in [5.41, 5.74) is 0.850. The van der Waals surface area contributed by atoms with Crippen LogP contribution in [0.1, 0.15) is 20.9 Å². The van der Waals surface area contributed by atoms with Crippen LogP contribution in [-0.4, -0.2) is 42.4 Å². The summed E-state index contributed by atoms with van der Waals surface area (Å²) in [5, 5.41) is 11.5. The molecule has 5 nitrogen and oxygen atoms in total. The van der Waals surface area contributed by atoms with Gasteiger partial charge in [0.2, 0.25) is 0 Å². The normalized spacial score (nSPS) is 14.7. The Labute approximate surface area is 153 Å². The first-order valence-corrected chi connectivity index (χ1v) is 9.17. The molecule has 7 heteroatoms. The number of carbonyl (C=O) groups is 1. The molecule has 3 aromatic rings. The van der Waals surface area contributed by atoms with Gasteiger partial charge >= 0.3 is 5.97 Å². The lowest BCUT2D eigenvalue weighted by molar-refractivity contribution is 0.0701. The molecule has 1 N–H and O–H groups in total. The molecule has 0 unspecified atom stereocenters. The average Bonchev–Trinajstić information content (AvgIpc) is 3.09. The fourth-order valence-electron chi connectivity index (χ4n) is 3.11. The van der Waals surface area contributed by atoms with Gasteiger partial charge < -0.3 is 14.7 Å². The summed E-state index contributed by atoms with van der Waals surface area (Å²) in [5.74, 6) is -1.35. The molecule has 1 saturated heterocycles. The molecular weight excluding hydrogens is 355 g/mol. The molecule has 1 aliphatic heterocycles. The molecule has 0 aliphatic carbocycles. The third kappa shape index (κ3) is 3.15. The highest BCUT2D eigenvalue weighted by molar-refractivity contribution is 7.17. The number of morpholine rings is 1. The van der Waals surface area contributed by atoms with Crippen LogP contribution < -0.4 is 4.90 Å². The van der Waals surface area contributed by atoms with E-state index in [-0.39, 0.29) is 17.1 Å². The maximum atomic E-state index is 14.9. The van der Waals surface area contributed by atoms with Crippen LogP contribution in [0.25, 0.3) is 10.8 Å². The number of hydrogen-bond donors (Lipinski definition) is 1. The van der Waals surface area contributed by atoms with E-state index in [0.29, 0.717) is 48.1 Å². The molecule has 0 radical (unpaired) electrons. The number of carboxylic acid groups (broad SMARTS) is 1. The van der Waals surface area contributed by atoms with Crippen LogP contribution in [-0.2, 0) is 11.2 Å². The molecule has 1 aliphatic rings. The number of fused-ring (bicyclic) bond motifs is 1. The second kappa shape index (κ2) is 7.01. The zero-order valence-electron chi connectivity index (χ0n) is 13.9. The first kappa shape index (κ1) is 16.9. The second-order valence-corrected chi connectivity index (χ2v) is 7.09. The average molecular weight is 372 g/mol. The lowest BCUT2D eigenvalue weighted by atomic mass is 10.0. The van der Waals surface area contributed by atoms with Crippen molar-refractivity contribution >= 4 is 33.2 Å². The van der Waals surface area contributed by atoms with Gasteiger partial charge in [0.1, 0.15) is 10.7 Å². The van der Waals surface area contributed by atoms with E-state index in [2.05, 4.69) is 4.98 Å². The van der Waals surface area contributed by atoms with E-state index in [1.807, 2.05) is 23.1 Å². The second-order valence-electron chi connectivity index (χ2n) is 6.11. The van der Waals surface area contributed by atoms with E-state index in [1.54, 1.807) is 18.2 Å². The number of rotatable bonds is 4. The van der Waals surface area contributed by atoms with Crippen LogP contribution in [0, 0.1) is 5.82 Å². The number of nitrogens with zero attached hydrogens (tertiary/aromatic N) is 2. The molecule has 0 bridgehead atoms. The summed E-state index contributed by atoms with van der Waals surface area (Å²) >= 11 is 1.14. The zero-order valence-corrected chi connectivity index (χ0v) is 14.8. The van der Waals surface area contributed by atoms with Crippen LogP contribution in [0.2, 0.25) is 0 Å². The molecule has 134 valence electrons. The van der Waals surface area contributed by atoms with E-state index >= 15 is 0 Å². The van der Waals surface area contributed by atoms with E-state index in [0.717, 1.165) is 16.7 Å². The van der Waals surface area contributed by atoms with Crippen LogP contribution in [0.4, 0.5) is 9.52 Å². The number of aromatic carboxylic acids is 1. The number of anilines is 1. The number of carboxylic acids is 1. The summed E-state index contributed by atoms with van der Waals surface area (Å²) in [6.45, 7) is 2.54. The lowest BCUT2D eigenvalue weighted by Gasteiger charge is -2.26. The van der Waals surface area contributed by atoms with Gasteiger partial charge in [0.05, 0.1) is 18.9 Å². The van der Waals surface area contributed by atoms with Crippen molar-refractivity contribution in [3.8, 4) is 0 Å². The molecule has 26 heavy (non-hydrogen) atoms. The van der Waals surface area contributed by atoms with Gasteiger partial charge in [-0.1, -0.05) is 47.7 Å². The molecule has 0 amide bonds. The topological polar surface area (TPSA) is 62.7 Å². The molecular formula is C19H17FN2O3S. The first-order chi connectivity index (χ1) is 12.6. The van der Waals surface area contributed by atoms with Gasteiger partial charge in [-0.15, -0.1) is 0 Å². The van der Waals surface area contributed by atoms with Crippen LogP contribution in [0.3, 0.4) is 0 Å². The minimum Gasteiger partial charge on any atom is -0.477 e. The fraction of sp³-hybridized carbons (Fsp3) is 0.263. The summed E-state index contributed by atoms with van der Waals surface area (Å²) in [4.78, 5) is 18.3. The Morgan fingerprint density at radius 3 is 2.77 bits per heavy atom. The van der Waals surface area contributed by atoms with Crippen molar-refractivity contribution in [1.29, 1.82) is 0 Å². The van der Waals surface area contributed by atoms with Crippen molar-refractivity contribution in [2.45, 2.75) is 6.42 Å². The predicted octanol–water partition coefficient (Wildman–Crippen LogP) is 3.56. The largest absolute Gasteiger partial charge is 0.477 e. The van der Waals surface area contributed by atoms with E-state index in [1.165, 1.54) is 0 Å². The minimum absolute atomic E-state index is 0.152. The van der Waals surface area contributed by atoms with Crippen LogP contribution >= 0.6 is 11.3 Å². The monoisotopic (exact) mass is 372 g/mol. The Balaban J connectivity index is 1.70. The van der Waals surface area contributed by atoms with Crippen molar-refractivity contribution in [3.05, 3.63) is 58.3 Å². The van der Waals surface area contributed by atoms with Gasteiger partial charge in [-0.3, -0.25) is 0 Å². The lowest BCUT2D eigenvalue weighted by Crippen LogP contribution is -2.36. The summed E-state index contributed by atoms with van der Waals surface area (Å²) in [6.07, 6.45) is 0.152. The minimum atomic E-state index is -1.03. The molecule has 4 rings (SSSR count). The highest BCUT2D eigenvalue weighted by Gasteiger charge is 2.23. The number of aromatic nitrogens is 1. The van der Waals surface area contributed by atoms with Gasteiger partial charge in [-0.25, -0.2) is 14.2 Å². The maximum Gasteiger partial charge on any atom is 0.347 e. The molecule has 1 aromatic heterocycles. The van der Waals surface area contributed by atoms with Crippen molar-refractivity contribution in [2.24, 2.45) is 0 Å². The quantitative estimate of drug-likeness (QED) is 0.759. The number of halogens is 1. The first-order valence-electron chi connectivity index (χ1n) is 8.35. The number of thiazole rings is 1. The maximum absolute atomic E-state index is 14.9. The molecule has 0 atom stereocenters.